The van der Waals surface area contributed by atoms with Crippen LogP contribution in [0.4, 0.5) is 0 Å². The zero-order chi connectivity index (χ0) is 17.4. The summed E-state index contributed by atoms with van der Waals surface area (Å²) in [6, 6.07) is 14.7. The minimum absolute atomic E-state index is 0.163. The van der Waals surface area contributed by atoms with Crippen molar-refractivity contribution in [2.75, 3.05) is 6.61 Å². The van der Waals surface area contributed by atoms with Crippen LogP contribution in [0, 0.1) is 0 Å². The number of para-hydroxylation sites is 1. The van der Waals surface area contributed by atoms with Crippen LogP contribution in [0.5, 0.6) is 11.5 Å². The van der Waals surface area contributed by atoms with E-state index in [2.05, 4.69) is 5.32 Å². The molecule has 2 rings (SSSR count). The topological polar surface area (TPSA) is 47.6 Å². The standard InChI is InChI=1S/C19H22ClNO3/c1-3-17(24-16-10-7-9-15(20)12-16)19(22)21-13-14-8-5-6-11-18(14)23-4-2/h5-12,17H,3-4,13H2,1-2H3,(H,21,22)/t17-/m0/s1. The molecule has 0 radical (unpaired) electrons. The Morgan fingerprint density at radius 2 is 1.96 bits per heavy atom. The van der Waals surface area contributed by atoms with Gasteiger partial charge < -0.3 is 14.8 Å². The normalized spacial score (nSPS) is 11.6. The number of carbonyl (C=O) groups excluding carboxylic acids is 1. The van der Waals surface area contributed by atoms with Crippen molar-refractivity contribution in [3.05, 3.63) is 59.1 Å². The zero-order valence-corrected chi connectivity index (χ0v) is 14.7. The molecule has 0 fully saturated rings. The van der Waals surface area contributed by atoms with Crippen LogP contribution in [-0.4, -0.2) is 18.6 Å². The average molecular weight is 348 g/mol. The lowest BCUT2D eigenvalue weighted by atomic mass is 10.2. The molecule has 24 heavy (non-hydrogen) atoms. The number of rotatable bonds is 8. The molecule has 0 saturated heterocycles. The van der Waals surface area contributed by atoms with Crippen molar-refractivity contribution >= 4 is 17.5 Å². The highest BCUT2D eigenvalue weighted by atomic mass is 35.5. The smallest absolute Gasteiger partial charge is 0.261 e. The molecular formula is C19H22ClNO3. The van der Waals surface area contributed by atoms with Gasteiger partial charge in [0.2, 0.25) is 0 Å². The second-order valence-corrected chi connectivity index (χ2v) is 5.67. The number of benzene rings is 2. The van der Waals surface area contributed by atoms with Crippen LogP contribution in [0.2, 0.25) is 5.02 Å². The van der Waals surface area contributed by atoms with Gasteiger partial charge in [0.1, 0.15) is 11.5 Å². The quantitative estimate of drug-likeness (QED) is 0.778. The van der Waals surface area contributed by atoms with E-state index < -0.39 is 6.10 Å². The molecule has 1 N–H and O–H groups in total. The lowest BCUT2D eigenvalue weighted by Gasteiger charge is -2.18. The summed E-state index contributed by atoms with van der Waals surface area (Å²) in [5.74, 6) is 1.20. The van der Waals surface area contributed by atoms with Crippen LogP contribution in [0.1, 0.15) is 25.8 Å². The predicted octanol–water partition coefficient (Wildman–Crippen LogP) is 4.21. The third-order valence-corrected chi connectivity index (χ3v) is 3.70. The summed E-state index contributed by atoms with van der Waals surface area (Å²) >= 11 is 5.94. The Balaban J connectivity index is 1.97. The molecular weight excluding hydrogens is 326 g/mol. The van der Waals surface area contributed by atoms with Gasteiger partial charge >= 0.3 is 0 Å². The molecule has 1 amide bonds. The van der Waals surface area contributed by atoms with Gasteiger partial charge in [0.25, 0.3) is 5.91 Å². The largest absolute Gasteiger partial charge is 0.494 e. The van der Waals surface area contributed by atoms with Crippen molar-refractivity contribution in [1.82, 2.24) is 5.32 Å². The number of nitrogens with one attached hydrogen (secondary N) is 1. The molecule has 0 heterocycles. The second-order valence-electron chi connectivity index (χ2n) is 5.23. The maximum atomic E-state index is 12.4. The summed E-state index contributed by atoms with van der Waals surface area (Å²) in [6.45, 7) is 4.81. The van der Waals surface area contributed by atoms with Gasteiger partial charge in [-0.05, 0) is 37.6 Å². The maximum Gasteiger partial charge on any atom is 0.261 e. The Labute approximate surface area is 147 Å². The van der Waals surface area contributed by atoms with E-state index in [1.165, 1.54) is 0 Å². The highest BCUT2D eigenvalue weighted by Crippen LogP contribution is 2.20. The SMILES string of the molecule is CCOc1ccccc1CNC(=O)[C@H](CC)Oc1cccc(Cl)c1. The Morgan fingerprint density at radius 3 is 2.67 bits per heavy atom. The minimum atomic E-state index is -0.567. The van der Waals surface area contributed by atoms with Crippen molar-refractivity contribution in [3.63, 3.8) is 0 Å². The molecule has 0 aromatic heterocycles. The van der Waals surface area contributed by atoms with E-state index >= 15 is 0 Å². The lowest BCUT2D eigenvalue weighted by molar-refractivity contribution is -0.128. The maximum absolute atomic E-state index is 12.4. The number of hydrogen-bond acceptors (Lipinski definition) is 3. The van der Waals surface area contributed by atoms with Gasteiger partial charge in [0.15, 0.2) is 6.10 Å². The van der Waals surface area contributed by atoms with Crippen LogP contribution in [0.3, 0.4) is 0 Å². The van der Waals surface area contributed by atoms with Crippen LogP contribution in [0.25, 0.3) is 0 Å². The fourth-order valence-corrected chi connectivity index (χ4v) is 2.45. The Kier molecular flexibility index (Phi) is 6.94. The van der Waals surface area contributed by atoms with E-state index in [4.69, 9.17) is 21.1 Å². The van der Waals surface area contributed by atoms with Crippen molar-refractivity contribution < 1.29 is 14.3 Å². The molecule has 1 atom stereocenters. The van der Waals surface area contributed by atoms with Gasteiger partial charge in [-0.2, -0.15) is 0 Å². The number of carbonyl (C=O) groups is 1. The number of ether oxygens (including phenoxy) is 2. The van der Waals surface area contributed by atoms with E-state index in [1.54, 1.807) is 24.3 Å². The van der Waals surface area contributed by atoms with E-state index in [0.717, 1.165) is 11.3 Å². The van der Waals surface area contributed by atoms with E-state index in [0.29, 0.717) is 30.3 Å². The first-order chi connectivity index (χ1) is 11.6. The number of amides is 1. The first kappa shape index (κ1) is 18.1. The molecule has 5 heteroatoms. The summed E-state index contributed by atoms with van der Waals surface area (Å²) in [4.78, 5) is 12.4. The molecule has 0 spiro atoms. The minimum Gasteiger partial charge on any atom is -0.494 e. The molecule has 0 bridgehead atoms. The van der Waals surface area contributed by atoms with Gasteiger partial charge in [0.05, 0.1) is 6.61 Å². The Bertz CT molecular complexity index is 675. The number of halogens is 1. The van der Waals surface area contributed by atoms with E-state index in [1.807, 2.05) is 38.1 Å². The van der Waals surface area contributed by atoms with E-state index in [9.17, 15) is 4.79 Å². The highest BCUT2D eigenvalue weighted by Gasteiger charge is 2.18. The van der Waals surface area contributed by atoms with Gasteiger partial charge in [-0.1, -0.05) is 42.8 Å². The summed E-state index contributed by atoms with van der Waals surface area (Å²) < 4.78 is 11.3. The summed E-state index contributed by atoms with van der Waals surface area (Å²) in [6.07, 6.45) is -0.00596. The first-order valence-electron chi connectivity index (χ1n) is 8.04. The molecule has 0 aliphatic heterocycles. The van der Waals surface area contributed by atoms with Crippen molar-refractivity contribution in [3.8, 4) is 11.5 Å². The molecule has 0 unspecified atom stereocenters. The predicted molar refractivity (Wildman–Crippen MR) is 95.6 cm³/mol. The lowest BCUT2D eigenvalue weighted by Crippen LogP contribution is -2.37. The van der Waals surface area contributed by atoms with Gasteiger partial charge in [-0.25, -0.2) is 0 Å². The third-order valence-electron chi connectivity index (χ3n) is 3.46. The molecule has 4 nitrogen and oxygen atoms in total. The van der Waals surface area contributed by atoms with Crippen molar-refractivity contribution in [2.45, 2.75) is 32.9 Å². The number of hydrogen-bond donors (Lipinski definition) is 1. The van der Waals surface area contributed by atoms with Gasteiger partial charge in [-0.3, -0.25) is 4.79 Å². The monoisotopic (exact) mass is 347 g/mol. The molecule has 128 valence electrons. The molecule has 0 saturated carbocycles. The van der Waals surface area contributed by atoms with Gasteiger partial charge in [0, 0.05) is 17.1 Å². The van der Waals surface area contributed by atoms with Gasteiger partial charge in [-0.15, -0.1) is 0 Å². The fraction of sp³-hybridized carbons (Fsp3) is 0.316. The van der Waals surface area contributed by atoms with Crippen molar-refractivity contribution in [2.24, 2.45) is 0 Å². The summed E-state index contributed by atoms with van der Waals surface area (Å²) in [5, 5.41) is 3.48. The van der Waals surface area contributed by atoms with Crippen LogP contribution >= 0.6 is 11.6 Å². The van der Waals surface area contributed by atoms with Crippen LogP contribution in [0.15, 0.2) is 48.5 Å². The van der Waals surface area contributed by atoms with E-state index in [-0.39, 0.29) is 5.91 Å². The molecule has 2 aromatic rings. The zero-order valence-electron chi connectivity index (χ0n) is 13.9. The highest BCUT2D eigenvalue weighted by molar-refractivity contribution is 6.30. The molecule has 0 aliphatic rings. The fourth-order valence-electron chi connectivity index (χ4n) is 2.27. The van der Waals surface area contributed by atoms with Crippen LogP contribution in [-0.2, 0) is 11.3 Å². The Morgan fingerprint density at radius 1 is 1.17 bits per heavy atom. The first-order valence-corrected chi connectivity index (χ1v) is 8.42. The molecule has 2 aromatic carbocycles. The Hall–Kier alpha value is -2.20. The summed E-state index contributed by atoms with van der Waals surface area (Å²) in [5.41, 5.74) is 0.935. The summed E-state index contributed by atoms with van der Waals surface area (Å²) in [7, 11) is 0. The molecule has 0 aliphatic carbocycles. The van der Waals surface area contributed by atoms with Crippen LogP contribution < -0.4 is 14.8 Å². The second kappa shape index (κ2) is 9.18. The third kappa shape index (κ3) is 5.17. The average Bonchev–Trinajstić information content (AvgIpc) is 2.59. The van der Waals surface area contributed by atoms with Crippen molar-refractivity contribution in [1.29, 1.82) is 0 Å².